The normalized spacial score (nSPS) is 10.1. The van der Waals surface area contributed by atoms with Gasteiger partial charge < -0.3 is 5.11 Å². The number of nitrogens with zero attached hydrogens (tertiary/aromatic N) is 2. The molecule has 0 fully saturated rings. The third kappa shape index (κ3) is 3.10. The van der Waals surface area contributed by atoms with Gasteiger partial charge in [0, 0.05) is 23.3 Å². The Balaban J connectivity index is 2.65. The first-order valence-corrected chi connectivity index (χ1v) is 6.35. The van der Waals surface area contributed by atoms with Crippen molar-refractivity contribution in [3.8, 4) is 0 Å². The molecule has 1 N–H and O–H groups in total. The van der Waals surface area contributed by atoms with Crippen LogP contribution in [-0.4, -0.2) is 21.8 Å². The number of carbonyl (C=O) groups is 2. The van der Waals surface area contributed by atoms with E-state index in [1.165, 1.54) is 31.2 Å². The van der Waals surface area contributed by atoms with Gasteiger partial charge in [0.15, 0.2) is 5.78 Å². The number of ketones is 1. The van der Waals surface area contributed by atoms with E-state index in [0.29, 0.717) is 0 Å². The lowest BCUT2D eigenvalue weighted by Gasteiger charge is -2.08. The maximum atomic E-state index is 12.5. The summed E-state index contributed by atoms with van der Waals surface area (Å²) in [5.74, 6) is -2.00. The Hall–Kier alpha value is -3.42. The second kappa shape index (κ2) is 6.14. The molecule has 2 rings (SSSR count). The number of carbonyl (C=O) groups excluding carboxylic acids is 1. The molecule has 8 heteroatoms. The lowest BCUT2D eigenvalue weighted by molar-refractivity contribution is -0.384. The van der Waals surface area contributed by atoms with Crippen LogP contribution in [0.3, 0.4) is 0 Å². The van der Waals surface area contributed by atoms with Crippen molar-refractivity contribution in [3.05, 3.63) is 73.7 Å². The van der Waals surface area contributed by atoms with Gasteiger partial charge in [-0.3, -0.25) is 14.9 Å². The van der Waals surface area contributed by atoms with Gasteiger partial charge in [0.05, 0.1) is 10.5 Å². The first kappa shape index (κ1) is 16.0. The van der Waals surface area contributed by atoms with Crippen molar-refractivity contribution in [1.82, 2.24) is 0 Å². The molecule has 0 bridgehead atoms. The van der Waals surface area contributed by atoms with Crippen molar-refractivity contribution in [2.75, 3.05) is 0 Å². The lowest BCUT2D eigenvalue weighted by atomic mass is 9.94. The third-order valence-electron chi connectivity index (χ3n) is 3.29. The standard InChI is InChI=1S/C15H10N2O6/c1-8-12(6-11(17(22)23)7-13(8)15(19)20)14(18)9-3-2-4-10(5-9)16-21/h2-7H,1H3,(H,19,20). The number of carboxylic acid groups (broad SMARTS) is 1. The maximum Gasteiger partial charge on any atom is 0.336 e. The zero-order chi connectivity index (χ0) is 17.1. The number of nitroso groups, excluding NO2 is 1. The molecule has 0 aliphatic carbocycles. The second-order valence-electron chi connectivity index (χ2n) is 4.70. The van der Waals surface area contributed by atoms with E-state index < -0.39 is 22.4 Å². The highest BCUT2D eigenvalue weighted by molar-refractivity contribution is 6.12. The van der Waals surface area contributed by atoms with Crippen LogP contribution in [0.2, 0.25) is 0 Å². The predicted octanol–water partition coefficient (Wildman–Crippen LogP) is 3.23. The molecule has 116 valence electrons. The average molecular weight is 314 g/mol. The minimum absolute atomic E-state index is 0.0254. The highest BCUT2D eigenvalue weighted by Crippen LogP contribution is 2.25. The summed E-state index contributed by atoms with van der Waals surface area (Å²) < 4.78 is 0. The van der Waals surface area contributed by atoms with Gasteiger partial charge in [-0.05, 0) is 29.8 Å². The summed E-state index contributed by atoms with van der Waals surface area (Å²) >= 11 is 0. The Kier molecular flexibility index (Phi) is 4.26. The van der Waals surface area contributed by atoms with Gasteiger partial charge >= 0.3 is 5.97 Å². The Morgan fingerprint density at radius 1 is 1.17 bits per heavy atom. The molecule has 2 aromatic carbocycles. The van der Waals surface area contributed by atoms with E-state index in [0.717, 1.165) is 12.1 Å². The number of non-ortho nitro benzene ring substituents is 1. The minimum Gasteiger partial charge on any atom is -0.478 e. The number of aromatic carboxylic acids is 1. The summed E-state index contributed by atoms with van der Waals surface area (Å²) in [6.07, 6.45) is 0. The topological polar surface area (TPSA) is 127 Å². The van der Waals surface area contributed by atoms with E-state index in [4.69, 9.17) is 5.11 Å². The molecule has 0 saturated carbocycles. The van der Waals surface area contributed by atoms with E-state index >= 15 is 0 Å². The molecular weight excluding hydrogens is 304 g/mol. The Morgan fingerprint density at radius 2 is 1.83 bits per heavy atom. The lowest BCUT2D eigenvalue weighted by Crippen LogP contribution is -2.10. The van der Waals surface area contributed by atoms with Crippen LogP contribution in [0.1, 0.15) is 31.8 Å². The first-order chi connectivity index (χ1) is 10.8. The van der Waals surface area contributed by atoms with Gasteiger partial charge in [-0.2, -0.15) is 0 Å². The van der Waals surface area contributed by atoms with Crippen LogP contribution in [0.4, 0.5) is 11.4 Å². The van der Waals surface area contributed by atoms with Crippen LogP contribution < -0.4 is 0 Å². The van der Waals surface area contributed by atoms with Gasteiger partial charge in [0.2, 0.25) is 0 Å². The van der Waals surface area contributed by atoms with Crippen LogP contribution >= 0.6 is 0 Å². The molecule has 0 saturated heterocycles. The number of carboxylic acids is 1. The minimum atomic E-state index is -1.37. The van der Waals surface area contributed by atoms with Crippen molar-refractivity contribution >= 4 is 23.1 Å². The van der Waals surface area contributed by atoms with Gasteiger partial charge in [0.1, 0.15) is 5.69 Å². The van der Waals surface area contributed by atoms with Gasteiger partial charge in [-0.25, -0.2) is 4.79 Å². The van der Waals surface area contributed by atoms with Crippen molar-refractivity contribution in [3.63, 3.8) is 0 Å². The fourth-order valence-electron chi connectivity index (χ4n) is 2.12. The van der Waals surface area contributed by atoms with Gasteiger partial charge in [0.25, 0.3) is 5.69 Å². The molecule has 0 amide bonds. The molecule has 0 unspecified atom stereocenters. The predicted molar refractivity (Wildman–Crippen MR) is 80.1 cm³/mol. The van der Waals surface area contributed by atoms with Crippen molar-refractivity contribution in [1.29, 1.82) is 0 Å². The molecule has 0 aromatic heterocycles. The average Bonchev–Trinajstić information content (AvgIpc) is 2.53. The molecule has 0 aliphatic rings. The number of hydrogen-bond donors (Lipinski definition) is 1. The highest BCUT2D eigenvalue weighted by Gasteiger charge is 2.22. The van der Waals surface area contributed by atoms with Crippen molar-refractivity contribution < 1.29 is 19.6 Å². The van der Waals surface area contributed by atoms with E-state index in [-0.39, 0.29) is 27.9 Å². The fourth-order valence-corrected chi connectivity index (χ4v) is 2.12. The van der Waals surface area contributed by atoms with Crippen LogP contribution in [0.15, 0.2) is 41.6 Å². The van der Waals surface area contributed by atoms with Crippen molar-refractivity contribution in [2.24, 2.45) is 5.18 Å². The van der Waals surface area contributed by atoms with Crippen molar-refractivity contribution in [2.45, 2.75) is 6.92 Å². The maximum absolute atomic E-state index is 12.5. The molecule has 0 spiro atoms. The highest BCUT2D eigenvalue weighted by atomic mass is 16.6. The number of benzene rings is 2. The van der Waals surface area contributed by atoms with Crippen LogP contribution in [-0.2, 0) is 0 Å². The van der Waals surface area contributed by atoms with E-state index in [2.05, 4.69) is 5.18 Å². The Labute approximate surface area is 129 Å². The molecule has 0 aliphatic heterocycles. The zero-order valence-electron chi connectivity index (χ0n) is 11.8. The zero-order valence-corrected chi connectivity index (χ0v) is 11.8. The van der Waals surface area contributed by atoms with Crippen LogP contribution in [0, 0.1) is 21.9 Å². The summed E-state index contributed by atoms with van der Waals surface area (Å²) in [6.45, 7) is 1.39. The van der Waals surface area contributed by atoms with E-state index in [9.17, 15) is 24.6 Å². The largest absolute Gasteiger partial charge is 0.478 e. The van der Waals surface area contributed by atoms with Gasteiger partial charge in [-0.1, -0.05) is 12.1 Å². The summed E-state index contributed by atoms with van der Waals surface area (Å²) in [7, 11) is 0. The summed E-state index contributed by atoms with van der Waals surface area (Å²) in [6, 6.07) is 7.40. The van der Waals surface area contributed by atoms with E-state index in [1.807, 2.05) is 0 Å². The number of rotatable bonds is 5. The molecule has 0 atom stereocenters. The molecule has 2 aromatic rings. The molecule has 0 radical (unpaired) electrons. The fraction of sp³-hybridized carbons (Fsp3) is 0.0667. The van der Waals surface area contributed by atoms with Crippen LogP contribution in [0.5, 0.6) is 0 Å². The summed E-state index contributed by atoms with van der Waals surface area (Å²) in [4.78, 5) is 44.5. The number of nitro groups is 1. The summed E-state index contributed by atoms with van der Waals surface area (Å²) in [5, 5.41) is 22.8. The van der Waals surface area contributed by atoms with E-state index in [1.54, 1.807) is 0 Å². The molecule has 0 heterocycles. The first-order valence-electron chi connectivity index (χ1n) is 6.35. The molecule has 23 heavy (non-hydrogen) atoms. The monoisotopic (exact) mass is 314 g/mol. The Bertz CT molecular complexity index is 844. The Morgan fingerprint density at radius 3 is 2.39 bits per heavy atom. The molecular formula is C15H10N2O6. The quantitative estimate of drug-likeness (QED) is 0.390. The second-order valence-corrected chi connectivity index (χ2v) is 4.70. The van der Waals surface area contributed by atoms with Crippen LogP contribution in [0.25, 0.3) is 0 Å². The third-order valence-corrected chi connectivity index (χ3v) is 3.29. The number of nitro benzene ring substituents is 1. The smallest absolute Gasteiger partial charge is 0.336 e. The summed E-state index contributed by atoms with van der Waals surface area (Å²) in [5.41, 5.74) is -0.718. The molecule has 8 nitrogen and oxygen atoms in total. The SMILES string of the molecule is Cc1c(C(=O)O)cc([N+](=O)[O-])cc1C(=O)c1cccc(N=O)c1. The van der Waals surface area contributed by atoms with Gasteiger partial charge in [-0.15, -0.1) is 4.91 Å². The number of hydrogen-bond acceptors (Lipinski definition) is 6.